The number of alkyl halides is 2. The van der Waals surface area contributed by atoms with Gasteiger partial charge in [0.25, 0.3) is 0 Å². The number of rotatable bonds is 1. The van der Waals surface area contributed by atoms with Crippen molar-refractivity contribution in [3.63, 3.8) is 0 Å². The van der Waals surface area contributed by atoms with Crippen LogP contribution in [0.25, 0.3) is 0 Å². The van der Waals surface area contributed by atoms with Gasteiger partial charge in [-0.25, -0.2) is 0 Å². The first-order valence-electron chi connectivity index (χ1n) is 10.1. The summed E-state index contributed by atoms with van der Waals surface area (Å²) in [7, 11) is 0. The van der Waals surface area contributed by atoms with Crippen LogP contribution in [0.2, 0.25) is 0 Å². The summed E-state index contributed by atoms with van der Waals surface area (Å²) in [6.07, 6.45) is 5.50. The molecular weight excluding hydrogens is 411 g/mol. The van der Waals surface area contributed by atoms with E-state index in [0.29, 0.717) is 39.3 Å². The van der Waals surface area contributed by atoms with Crippen LogP contribution in [0.4, 0.5) is 0 Å². The molecule has 2 unspecified atom stereocenters. The molecule has 4 nitrogen and oxygen atoms in total. The van der Waals surface area contributed by atoms with Gasteiger partial charge in [0.2, 0.25) is 0 Å². The predicted molar refractivity (Wildman–Crippen MR) is 101 cm³/mol. The van der Waals surface area contributed by atoms with Crippen LogP contribution in [0.1, 0.15) is 53.4 Å². The van der Waals surface area contributed by atoms with Gasteiger partial charge in [-0.3, -0.25) is 0 Å². The topological polar surface area (TPSA) is 39.3 Å². The summed E-state index contributed by atoms with van der Waals surface area (Å²) in [6.45, 7) is 15.4. The summed E-state index contributed by atoms with van der Waals surface area (Å²) in [4.78, 5) is 2.74. The van der Waals surface area contributed by atoms with Crippen LogP contribution in [-0.2, 0) is 0 Å². The molecule has 0 aromatic rings. The van der Waals surface area contributed by atoms with Gasteiger partial charge in [0, 0.05) is 0 Å². The Balaban J connectivity index is 2.01. The molecule has 1 saturated heterocycles. The molecule has 0 radical (unpaired) electrons. The average Bonchev–Trinajstić information content (AvgIpc) is 2.59. The van der Waals surface area contributed by atoms with Crippen LogP contribution in [-0.4, -0.2) is 70.1 Å². The molecule has 0 amide bonds. The van der Waals surface area contributed by atoms with E-state index < -0.39 is 0 Å². The van der Waals surface area contributed by atoms with Gasteiger partial charge >= 0.3 is 161 Å². The van der Waals surface area contributed by atoms with Crippen molar-refractivity contribution in [2.45, 2.75) is 81.5 Å². The first-order chi connectivity index (χ1) is 11.6. The van der Waals surface area contributed by atoms with Crippen molar-refractivity contribution < 1.29 is 21.2 Å². The van der Waals surface area contributed by atoms with E-state index >= 15 is 0 Å². The Kier molecular flexibility index (Phi) is 9.85. The number of fused-ring (bicyclic) bond motifs is 1. The fraction of sp³-hybridized carbons (Fsp3) is 1.00. The van der Waals surface area contributed by atoms with Crippen molar-refractivity contribution in [3.05, 3.63) is 0 Å². The number of likely N-dealkylation sites (N-methyl/N-ethyl adjacent to an activating group) is 1. The summed E-state index contributed by atoms with van der Waals surface area (Å²) in [6, 6.07) is 2.58. The molecule has 0 spiro atoms. The van der Waals surface area contributed by atoms with Gasteiger partial charge in [-0.05, 0) is 0 Å². The van der Waals surface area contributed by atoms with Gasteiger partial charge in [-0.15, -0.1) is 0 Å². The SMILES string of the molecule is CCN1C[C@H](C)NCC[I-][C@@H](C)CN[C@@H](C)CNC2CCCCC21. The van der Waals surface area contributed by atoms with Crippen molar-refractivity contribution in [3.8, 4) is 0 Å². The van der Waals surface area contributed by atoms with Gasteiger partial charge in [0.05, 0.1) is 0 Å². The zero-order valence-corrected chi connectivity index (χ0v) is 18.4. The number of nitrogens with zero attached hydrogens (tertiary/aromatic N) is 1. The molecule has 2 rings (SSSR count). The maximum absolute atomic E-state index is 3.92. The third-order valence-corrected chi connectivity index (χ3v) is 8.61. The Labute approximate surface area is 160 Å². The fourth-order valence-corrected chi connectivity index (χ4v) is 6.31. The van der Waals surface area contributed by atoms with Crippen molar-refractivity contribution in [2.75, 3.05) is 37.2 Å². The zero-order chi connectivity index (χ0) is 17.4. The van der Waals surface area contributed by atoms with Crippen LogP contribution in [0.15, 0.2) is 0 Å². The first kappa shape index (κ1) is 20.9. The number of halogens is 1. The molecule has 0 bridgehead atoms. The molecule has 1 aliphatic heterocycles. The van der Waals surface area contributed by atoms with Crippen LogP contribution in [0.5, 0.6) is 0 Å². The molecule has 0 aromatic carbocycles. The van der Waals surface area contributed by atoms with E-state index in [0.717, 1.165) is 16.5 Å². The average molecular weight is 451 g/mol. The van der Waals surface area contributed by atoms with Crippen molar-refractivity contribution in [1.29, 1.82) is 0 Å². The molecular formula is C19H40IN4-. The van der Waals surface area contributed by atoms with Gasteiger partial charge in [-0.2, -0.15) is 0 Å². The number of nitrogens with one attached hydrogen (secondary N) is 3. The first-order valence-corrected chi connectivity index (χ1v) is 12.9. The van der Waals surface area contributed by atoms with Crippen molar-refractivity contribution in [2.24, 2.45) is 0 Å². The van der Waals surface area contributed by atoms with Gasteiger partial charge in [0.15, 0.2) is 0 Å². The molecule has 5 heteroatoms. The maximum atomic E-state index is 3.92. The second-order valence-corrected chi connectivity index (χ2v) is 11.8. The normalized spacial score (nSPS) is 39.1. The fourth-order valence-electron chi connectivity index (χ4n) is 4.06. The molecule has 2 fully saturated rings. The van der Waals surface area contributed by atoms with Crippen molar-refractivity contribution in [1.82, 2.24) is 20.9 Å². The molecule has 2 aliphatic rings. The number of hydrogen-bond acceptors (Lipinski definition) is 4. The molecule has 3 N–H and O–H groups in total. The molecule has 5 atom stereocenters. The van der Waals surface area contributed by atoms with E-state index in [1.54, 1.807) is 0 Å². The standard InChI is InChI=1S/C19H40IN4/c1-5-24-14-17(4)21-11-10-20-15(2)12-22-16(3)13-23-18-8-6-7-9-19(18)24/h15-19,21-23H,5-14H2,1-4H3/q-1/t15-,16-,17-,18?,19?/m0/s1. The quantitative estimate of drug-likeness (QED) is 0.341. The van der Waals surface area contributed by atoms with E-state index in [2.05, 4.69) is 48.5 Å². The molecule has 1 saturated carbocycles. The Hall–Kier alpha value is 0.570. The van der Waals surface area contributed by atoms with Crippen LogP contribution >= 0.6 is 0 Å². The monoisotopic (exact) mass is 451 g/mol. The second kappa shape index (κ2) is 11.3. The Morgan fingerprint density at radius 2 is 1.75 bits per heavy atom. The zero-order valence-electron chi connectivity index (χ0n) is 16.3. The van der Waals surface area contributed by atoms with Gasteiger partial charge < -0.3 is 0 Å². The molecule has 1 heterocycles. The summed E-state index contributed by atoms with van der Waals surface area (Å²) < 4.78 is 2.28. The second-order valence-electron chi connectivity index (χ2n) is 7.74. The van der Waals surface area contributed by atoms with E-state index in [-0.39, 0.29) is 0 Å². The Morgan fingerprint density at radius 1 is 0.958 bits per heavy atom. The summed E-state index contributed by atoms with van der Waals surface area (Å²) in [5.74, 6) is 0. The third-order valence-electron chi connectivity index (χ3n) is 5.51. The number of hydrogen-bond donors (Lipinski definition) is 3. The molecule has 1 aliphatic carbocycles. The van der Waals surface area contributed by atoms with Gasteiger partial charge in [0.1, 0.15) is 0 Å². The molecule has 144 valence electrons. The van der Waals surface area contributed by atoms with E-state index in [1.165, 1.54) is 56.3 Å². The van der Waals surface area contributed by atoms with E-state index in [1.807, 2.05) is 0 Å². The van der Waals surface area contributed by atoms with Crippen molar-refractivity contribution >= 4 is 0 Å². The predicted octanol–water partition coefficient (Wildman–Crippen LogP) is -1.34. The van der Waals surface area contributed by atoms with Crippen LogP contribution in [0, 0.1) is 0 Å². The van der Waals surface area contributed by atoms with Crippen LogP contribution in [0.3, 0.4) is 0 Å². The van der Waals surface area contributed by atoms with E-state index in [4.69, 9.17) is 0 Å². The summed E-state index contributed by atoms with van der Waals surface area (Å²) in [5, 5.41) is 11.5. The minimum absolute atomic E-state index is 0.306. The third kappa shape index (κ3) is 7.06. The minimum atomic E-state index is 0.306. The summed E-state index contributed by atoms with van der Waals surface area (Å²) >= 11 is 0.306. The molecule has 24 heavy (non-hydrogen) atoms. The Bertz CT molecular complexity index is 341. The van der Waals surface area contributed by atoms with Crippen LogP contribution < -0.4 is 37.2 Å². The van der Waals surface area contributed by atoms with E-state index in [9.17, 15) is 0 Å². The summed E-state index contributed by atoms with van der Waals surface area (Å²) in [5.41, 5.74) is 0. The molecule has 0 aromatic heterocycles. The van der Waals surface area contributed by atoms with Gasteiger partial charge in [-0.1, -0.05) is 0 Å². The Morgan fingerprint density at radius 3 is 2.54 bits per heavy atom.